The number of rotatable bonds is 8. The Morgan fingerprint density at radius 1 is 1.12 bits per heavy atom. The zero-order chi connectivity index (χ0) is 23.1. The van der Waals surface area contributed by atoms with E-state index in [0.29, 0.717) is 17.1 Å². The van der Waals surface area contributed by atoms with Gasteiger partial charge in [-0.3, -0.25) is 14.6 Å². The van der Waals surface area contributed by atoms with E-state index in [4.69, 9.17) is 0 Å². The van der Waals surface area contributed by atoms with Crippen molar-refractivity contribution in [3.63, 3.8) is 0 Å². The van der Waals surface area contributed by atoms with Crippen LogP contribution >= 0.6 is 0 Å². The van der Waals surface area contributed by atoms with Crippen molar-refractivity contribution in [3.05, 3.63) is 70.0 Å². The van der Waals surface area contributed by atoms with Gasteiger partial charge >= 0.3 is 6.18 Å². The topological polar surface area (TPSA) is 113 Å². The normalized spacial score (nSPS) is 11.2. The Hall–Kier alpha value is -3.76. The summed E-state index contributed by atoms with van der Waals surface area (Å²) in [6.45, 7) is 1.86. The summed E-state index contributed by atoms with van der Waals surface area (Å²) in [4.78, 5) is 39.2. The minimum absolute atomic E-state index is 0.0393. The number of halogens is 3. The van der Waals surface area contributed by atoms with Gasteiger partial charge < -0.3 is 15.6 Å². The van der Waals surface area contributed by atoms with Gasteiger partial charge in [-0.05, 0) is 37.6 Å². The maximum absolute atomic E-state index is 12.9. The second-order valence-electron chi connectivity index (χ2n) is 6.89. The average molecular weight is 446 g/mol. The largest absolute Gasteiger partial charge is 0.419 e. The minimum atomic E-state index is -4.52. The van der Waals surface area contributed by atoms with Crippen molar-refractivity contribution in [2.24, 2.45) is 0 Å². The molecule has 32 heavy (non-hydrogen) atoms. The number of hydrogen-bond acceptors (Lipinski definition) is 6. The van der Waals surface area contributed by atoms with Gasteiger partial charge in [0.25, 0.3) is 5.56 Å². The van der Waals surface area contributed by atoms with E-state index < -0.39 is 11.7 Å². The summed E-state index contributed by atoms with van der Waals surface area (Å²) < 4.78 is 38.8. The highest BCUT2D eigenvalue weighted by Gasteiger charge is 2.33. The molecule has 3 aromatic rings. The molecule has 0 aliphatic heterocycles. The van der Waals surface area contributed by atoms with Gasteiger partial charge in [0, 0.05) is 54.9 Å². The van der Waals surface area contributed by atoms with Crippen LogP contribution in [0.25, 0.3) is 11.4 Å². The second-order valence-corrected chi connectivity index (χ2v) is 6.89. The molecule has 0 radical (unpaired) electrons. The van der Waals surface area contributed by atoms with Crippen molar-refractivity contribution in [2.75, 3.05) is 18.4 Å². The van der Waals surface area contributed by atoms with Crippen LogP contribution in [0.3, 0.4) is 0 Å². The quantitative estimate of drug-likeness (QED) is 0.459. The van der Waals surface area contributed by atoms with Crippen LogP contribution in [0.2, 0.25) is 0 Å². The first-order chi connectivity index (χ1) is 15.3. The standard InChI is InChI=1S/C21H21F3N6O2/c1-13-15(20(32)30-18(29-13)14-6-9-25-10-7-14)4-5-17(31)26-11-12-28-19-16(21(22,23)24)3-2-8-27-19/h2-3,6-10H,4-5,11-12H2,1H3,(H,26,31)(H,27,28)(H,29,30,32). The molecule has 0 aromatic carbocycles. The number of aryl methyl sites for hydroxylation is 1. The first kappa shape index (κ1) is 22.9. The van der Waals surface area contributed by atoms with Crippen LogP contribution in [0.5, 0.6) is 0 Å². The maximum atomic E-state index is 12.9. The third-order valence-corrected chi connectivity index (χ3v) is 4.63. The smallest absolute Gasteiger partial charge is 0.368 e. The van der Waals surface area contributed by atoms with E-state index in [1.165, 1.54) is 12.3 Å². The predicted molar refractivity (Wildman–Crippen MR) is 112 cm³/mol. The highest BCUT2D eigenvalue weighted by Crippen LogP contribution is 2.33. The first-order valence-corrected chi connectivity index (χ1v) is 9.78. The molecule has 3 heterocycles. The predicted octanol–water partition coefficient (Wildman–Crippen LogP) is 2.72. The molecule has 3 rings (SSSR count). The molecule has 0 saturated carbocycles. The molecule has 8 nitrogen and oxygen atoms in total. The number of H-pyrrole nitrogens is 1. The van der Waals surface area contributed by atoms with Crippen molar-refractivity contribution in [1.82, 2.24) is 25.3 Å². The van der Waals surface area contributed by atoms with Crippen LogP contribution in [0, 0.1) is 6.92 Å². The lowest BCUT2D eigenvalue weighted by Gasteiger charge is -2.13. The Bertz CT molecular complexity index is 1130. The number of hydrogen-bond donors (Lipinski definition) is 3. The Balaban J connectivity index is 1.50. The molecule has 0 bridgehead atoms. The van der Waals surface area contributed by atoms with Gasteiger partial charge in [0.15, 0.2) is 0 Å². The highest BCUT2D eigenvalue weighted by molar-refractivity contribution is 5.76. The number of aromatic nitrogens is 4. The number of nitrogens with one attached hydrogen (secondary N) is 3. The van der Waals surface area contributed by atoms with Gasteiger partial charge in [-0.2, -0.15) is 13.2 Å². The minimum Gasteiger partial charge on any atom is -0.368 e. The second kappa shape index (κ2) is 10.0. The fraction of sp³-hybridized carbons (Fsp3) is 0.286. The van der Waals surface area contributed by atoms with Crippen molar-refractivity contribution < 1.29 is 18.0 Å². The number of amides is 1. The summed E-state index contributed by atoms with van der Waals surface area (Å²) in [5.74, 6) is -0.209. The third-order valence-electron chi connectivity index (χ3n) is 4.63. The Kier molecular flexibility index (Phi) is 7.18. The number of aromatic amines is 1. The van der Waals surface area contributed by atoms with Gasteiger partial charge in [-0.25, -0.2) is 9.97 Å². The van der Waals surface area contributed by atoms with Crippen LogP contribution < -0.4 is 16.2 Å². The van der Waals surface area contributed by atoms with Gasteiger partial charge in [-0.15, -0.1) is 0 Å². The van der Waals surface area contributed by atoms with Crippen molar-refractivity contribution in [2.45, 2.75) is 25.9 Å². The van der Waals surface area contributed by atoms with Gasteiger partial charge in [-0.1, -0.05) is 0 Å². The Morgan fingerprint density at radius 2 is 1.88 bits per heavy atom. The molecule has 0 atom stereocenters. The Labute approximate surface area is 181 Å². The molecule has 0 saturated heterocycles. The van der Waals surface area contributed by atoms with E-state index in [9.17, 15) is 22.8 Å². The van der Waals surface area contributed by atoms with Crippen LogP contribution in [0.4, 0.5) is 19.0 Å². The number of carbonyl (C=O) groups excluding carboxylic acids is 1. The van der Waals surface area contributed by atoms with Crippen LogP contribution in [-0.4, -0.2) is 38.9 Å². The molecule has 3 aromatic heterocycles. The SMILES string of the molecule is Cc1nc(-c2ccncc2)[nH]c(=O)c1CCC(=O)NCCNc1ncccc1C(F)(F)F. The maximum Gasteiger partial charge on any atom is 0.419 e. The number of carbonyl (C=O) groups is 1. The van der Waals surface area contributed by atoms with Crippen molar-refractivity contribution >= 4 is 11.7 Å². The third kappa shape index (κ3) is 5.90. The van der Waals surface area contributed by atoms with E-state index in [1.807, 2.05) is 0 Å². The zero-order valence-corrected chi connectivity index (χ0v) is 17.2. The molecular formula is C21H21F3N6O2. The molecule has 0 unspecified atom stereocenters. The summed E-state index contributed by atoms with van der Waals surface area (Å²) in [6.07, 6.45) is 0.140. The molecule has 11 heteroatoms. The lowest BCUT2D eigenvalue weighted by atomic mass is 10.1. The van der Waals surface area contributed by atoms with E-state index in [0.717, 1.165) is 11.6 Å². The number of nitrogens with zero attached hydrogens (tertiary/aromatic N) is 3. The molecular weight excluding hydrogens is 425 g/mol. The molecule has 0 aliphatic rings. The Morgan fingerprint density at radius 3 is 2.56 bits per heavy atom. The highest BCUT2D eigenvalue weighted by atomic mass is 19.4. The van der Waals surface area contributed by atoms with E-state index in [2.05, 4.69) is 30.6 Å². The lowest BCUT2D eigenvalue weighted by Crippen LogP contribution is -2.30. The summed E-state index contributed by atoms with van der Waals surface area (Å²) in [6, 6.07) is 5.59. The molecule has 168 valence electrons. The molecule has 0 fully saturated rings. The fourth-order valence-electron chi connectivity index (χ4n) is 3.04. The number of pyridine rings is 2. The number of anilines is 1. The van der Waals surface area contributed by atoms with Crippen LogP contribution in [0.15, 0.2) is 47.7 Å². The van der Waals surface area contributed by atoms with Gasteiger partial charge in [0.1, 0.15) is 11.6 Å². The summed E-state index contributed by atoms with van der Waals surface area (Å²) in [5, 5.41) is 5.18. The first-order valence-electron chi connectivity index (χ1n) is 9.78. The zero-order valence-electron chi connectivity index (χ0n) is 17.2. The van der Waals surface area contributed by atoms with E-state index in [1.54, 1.807) is 31.5 Å². The van der Waals surface area contributed by atoms with Crippen molar-refractivity contribution in [1.29, 1.82) is 0 Å². The van der Waals surface area contributed by atoms with Gasteiger partial charge in [0.2, 0.25) is 5.91 Å². The lowest BCUT2D eigenvalue weighted by molar-refractivity contribution is -0.137. The van der Waals surface area contributed by atoms with Crippen molar-refractivity contribution in [3.8, 4) is 11.4 Å². The molecule has 1 amide bonds. The molecule has 0 aliphatic carbocycles. The summed E-state index contributed by atoms with van der Waals surface area (Å²) in [7, 11) is 0. The van der Waals surface area contributed by atoms with Gasteiger partial charge in [0.05, 0.1) is 5.56 Å². The number of alkyl halides is 3. The van der Waals surface area contributed by atoms with Crippen LogP contribution in [-0.2, 0) is 17.4 Å². The summed E-state index contributed by atoms with van der Waals surface area (Å²) in [5.41, 5.74) is 0.445. The fourth-order valence-corrected chi connectivity index (χ4v) is 3.04. The summed E-state index contributed by atoms with van der Waals surface area (Å²) >= 11 is 0. The van der Waals surface area contributed by atoms with E-state index >= 15 is 0 Å². The van der Waals surface area contributed by atoms with Crippen LogP contribution in [0.1, 0.15) is 23.2 Å². The average Bonchev–Trinajstić information content (AvgIpc) is 2.76. The van der Waals surface area contributed by atoms with E-state index in [-0.39, 0.29) is 43.2 Å². The molecule has 3 N–H and O–H groups in total. The molecule has 0 spiro atoms. The monoisotopic (exact) mass is 446 g/mol.